The maximum atomic E-state index is 12.3. The Balaban J connectivity index is 1.82. The van der Waals surface area contributed by atoms with Crippen molar-refractivity contribution in [2.75, 3.05) is 26.0 Å². The Bertz CT molecular complexity index is 570. The summed E-state index contributed by atoms with van der Waals surface area (Å²) in [7, 11) is 3.36. The summed E-state index contributed by atoms with van der Waals surface area (Å²) < 4.78 is 5.14. The van der Waals surface area contributed by atoms with Crippen molar-refractivity contribution < 1.29 is 14.3 Å². The van der Waals surface area contributed by atoms with Gasteiger partial charge in [-0.05, 0) is 38.9 Å². The van der Waals surface area contributed by atoms with Crippen LogP contribution in [0, 0.1) is 0 Å². The highest BCUT2D eigenvalue weighted by Gasteiger charge is 2.24. The number of nitrogens with zero attached hydrogens (tertiary/aromatic N) is 1. The SMILES string of the molecule is COc1cccc(NC(=O)CN(C)[C@H](C)C(=O)NC2CCCC2)c1. The molecule has 2 rings (SSSR count). The zero-order chi connectivity index (χ0) is 17.5. The van der Waals surface area contributed by atoms with Crippen LogP contribution in [0.5, 0.6) is 5.75 Å². The van der Waals surface area contributed by atoms with Gasteiger partial charge in [0.2, 0.25) is 11.8 Å². The van der Waals surface area contributed by atoms with E-state index in [1.165, 1.54) is 12.8 Å². The van der Waals surface area contributed by atoms with E-state index < -0.39 is 0 Å². The van der Waals surface area contributed by atoms with Crippen molar-refractivity contribution in [3.05, 3.63) is 24.3 Å². The van der Waals surface area contributed by atoms with Gasteiger partial charge in [-0.25, -0.2) is 0 Å². The molecule has 1 fully saturated rings. The number of hydrogen-bond donors (Lipinski definition) is 2. The normalized spacial score (nSPS) is 16.0. The summed E-state index contributed by atoms with van der Waals surface area (Å²) in [4.78, 5) is 26.2. The van der Waals surface area contributed by atoms with Crippen LogP contribution in [-0.4, -0.2) is 49.5 Å². The summed E-state index contributed by atoms with van der Waals surface area (Å²) in [6.07, 6.45) is 4.47. The first kappa shape index (κ1) is 18.3. The lowest BCUT2D eigenvalue weighted by Gasteiger charge is -2.25. The molecule has 0 bridgehead atoms. The highest BCUT2D eigenvalue weighted by atomic mass is 16.5. The Morgan fingerprint density at radius 3 is 2.71 bits per heavy atom. The van der Waals surface area contributed by atoms with Gasteiger partial charge in [-0.15, -0.1) is 0 Å². The molecule has 6 nitrogen and oxygen atoms in total. The van der Waals surface area contributed by atoms with E-state index in [1.54, 1.807) is 31.2 Å². The van der Waals surface area contributed by atoms with Gasteiger partial charge in [-0.2, -0.15) is 0 Å². The molecule has 1 aromatic rings. The number of likely N-dealkylation sites (N-methyl/N-ethyl adjacent to an activating group) is 1. The molecule has 0 spiro atoms. The number of nitrogens with one attached hydrogen (secondary N) is 2. The summed E-state index contributed by atoms with van der Waals surface area (Å²) in [5.41, 5.74) is 0.677. The van der Waals surface area contributed by atoms with Crippen molar-refractivity contribution in [1.82, 2.24) is 10.2 Å². The number of amides is 2. The molecule has 24 heavy (non-hydrogen) atoms. The summed E-state index contributed by atoms with van der Waals surface area (Å²) in [5, 5.41) is 5.89. The molecule has 1 aromatic carbocycles. The summed E-state index contributed by atoms with van der Waals surface area (Å²) in [5.74, 6) is 0.510. The Morgan fingerprint density at radius 2 is 2.04 bits per heavy atom. The predicted octanol–water partition coefficient (Wildman–Crippen LogP) is 2.01. The largest absolute Gasteiger partial charge is 0.497 e. The number of ether oxygens (including phenoxy) is 1. The second-order valence-corrected chi connectivity index (χ2v) is 6.36. The minimum atomic E-state index is -0.346. The molecule has 1 saturated carbocycles. The highest BCUT2D eigenvalue weighted by molar-refractivity contribution is 5.93. The van der Waals surface area contributed by atoms with Crippen LogP contribution in [-0.2, 0) is 9.59 Å². The van der Waals surface area contributed by atoms with Crippen molar-refractivity contribution >= 4 is 17.5 Å². The Morgan fingerprint density at radius 1 is 1.33 bits per heavy atom. The second-order valence-electron chi connectivity index (χ2n) is 6.36. The highest BCUT2D eigenvalue weighted by Crippen LogP contribution is 2.18. The summed E-state index contributed by atoms with van der Waals surface area (Å²) >= 11 is 0. The molecule has 132 valence electrons. The fraction of sp³-hybridized carbons (Fsp3) is 0.556. The van der Waals surface area contributed by atoms with Crippen LogP contribution in [0.1, 0.15) is 32.6 Å². The zero-order valence-electron chi connectivity index (χ0n) is 14.7. The van der Waals surface area contributed by atoms with Crippen LogP contribution < -0.4 is 15.4 Å². The molecule has 0 unspecified atom stereocenters. The first-order valence-electron chi connectivity index (χ1n) is 8.44. The average molecular weight is 333 g/mol. The molecular weight excluding hydrogens is 306 g/mol. The third-order valence-corrected chi connectivity index (χ3v) is 4.49. The lowest BCUT2D eigenvalue weighted by Crippen LogP contribution is -2.48. The maximum Gasteiger partial charge on any atom is 0.238 e. The van der Waals surface area contributed by atoms with Gasteiger partial charge in [-0.1, -0.05) is 18.9 Å². The van der Waals surface area contributed by atoms with Gasteiger partial charge in [0.05, 0.1) is 19.7 Å². The van der Waals surface area contributed by atoms with Crippen LogP contribution in [0.25, 0.3) is 0 Å². The van der Waals surface area contributed by atoms with Crippen molar-refractivity contribution in [3.8, 4) is 5.75 Å². The molecule has 6 heteroatoms. The quantitative estimate of drug-likeness (QED) is 0.801. The Labute approximate surface area is 143 Å². The number of anilines is 1. The summed E-state index contributed by atoms with van der Waals surface area (Å²) in [6, 6.07) is 7.14. The number of hydrogen-bond acceptors (Lipinski definition) is 4. The van der Waals surface area contributed by atoms with Crippen molar-refractivity contribution in [1.29, 1.82) is 0 Å². The number of carbonyl (C=O) groups is 2. The van der Waals surface area contributed by atoms with E-state index in [9.17, 15) is 9.59 Å². The van der Waals surface area contributed by atoms with Gasteiger partial charge in [0, 0.05) is 17.8 Å². The molecular formula is C18H27N3O3. The van der Waals surface area contributed by atoms with E-state index in [4.69, 9.17) is 4.74 Å². The zero-order valence-corrected chi connectivity index (χ0v) is 14.7. The summed E-state index contributed by atoms with van der Waals surface area (Å²) in [6.45, 7) is 1.97. The molecule has 2 amide bonds. The van der Waals surface area contributed by atoms with E-state index in [2.05, 4.69) is 10.6 Å². The number of rotatable bonds is 7. The van der Waals surface area contributed by atoms with E-state index in [1.807, 2.05) is 19.1 Å². The molecule has 0 aromatic heterocycles. The van der Waals surface area contributed by atoms with Gasteiger partial charge in [-0.3, -0.25) is 14.5 Å². The van der Waals surface area contributed by atoms with Crippen LogP contribution in [0.2, 0.25) is 0 Å². The molecule has 0 aliphatic heterocycles. The first-order valence-corrected chi connectivity index (χ1v) is 8.44. The standard InChI is InChI=1S/C18H27N3O3/c1-13(18(23)20-14-7-4-5-8-14)21(2)12-17(22)19-15-9-6-10-16(11-15)24-3/h6,9-11,13-14H,4-5,7-8,12H2,1-3H3,(H,19,22)(H,20,23)/t13-/m1/s1. The van der Waals surface area contributed by atoms with Crippen molar-refractivity contribution in [2.45, 2.75) is 44.7 Å². The lowest BCUT2D eigenvalue weighted by atomic mass is 10.2. The van der Waals surface area contributed by atoms with Crippen molar-refractivity contribution in [3.63, 3.8) is 0 Å². The van der Waals surface area contributed by atoms with E-state index in [0.29, 0.717) is 17.5 Å². The van der Waals surface area contributed by atoms with Crippen LogP contribution in [0.3, 0.4) is 0 Å². The van der Waals surface area contributed by atoms with Crippen LogP contribution in [0.15, 0.2) is 24.3 Å². The fourth-order valence-corrected chi connectivity index (χ4v) is 2.86. The lowest BCUT2D eigenvalue weighted by molar-refractivity contribution is -0.127. The topological polar surface area (TPSA) is 70.7 Å². The van der Waals surface area contributed by atoms with Gasteiger partial charge >= 0.3 is 0 Å². The smallest absolute Gasteiger partial charge is 0.238 e. The monoisotopic (exact) mass is 333 g/mol. The van der Waals surface area contributed by atoms with Gasteiger partial charge in [0.15, 0.2) is 0 Å². The molecule has 0 radical (unpaired) electrons. The minimum absolute atomic E-state index is 0.0152. The molecule has 0 heterocycles. The maximum absolute atomic E-state index is 12.3. The number of carbonyl (C=O) groups excluding carboxylic acids is 2. The number of methoxy groups -OCH3 is 1. The van der Waals surface area contributed by atoms with Crippen LogP contribution >= 0.6 is 0 Å². The van der Waals surface area contributed by atoms with Gasteiger partial charge in [0.1, 0.15) is 5.75 Å². The van der Waals surface area contributed by atoms with Gasteiger partial charge < -0.3 is 15.4 Å². The molecule has 0 saturated heterocycles. The first-order chi connectivity index (χ1) is 11.5. The molecule has 2 N–H and O–H groups in total. The second kappa shape index (κ2) is 8.68. The minimum Gasteiger partial charge on any atom is -0.497 e. The van der Waals surface area contributed by atoms with Gasteiger partial charge in [0.25, 0.3) is 0 Å². The Hall–Kier alpha value is -2.08. The Kier molecular flexibility index (Phi) is 6.61. The number of benzene rings is 1. The van der Waals surface area contributed by atoms with E-state index in [0.717, 1.165) is 12.8 Å². The third-order valence-electron chi connectivity index (χ3n) is 4.49. The molecule has 1 aliphatic carbocycles. The van der Waals surface area contributed by atoms with Crippen molar-refractivity contribution in [2.24, 2.45) is 0 Å². The fourth-order valence-electron chi connectivity index (χ4n) is 2.86. The van der Waals surface area contributed by atoms with Crippen LogP contribution in [0.4, 0.5) is 5.69 Å². The predicted molar refractivity (Wildman–Crippen MR) is 94.1 cm³/mol. The van der Waals surface area contributed by atoms with E-state index in [-0.39, 0.29) is 24.4 Å². The van der Waals surface area contributed by atoms with E-state index >= 15 is 0 Å². The third kappa shape index (κ3) is 5.23. The molecule has 1 atom stereocenters. The average Bonchev–Trinajstić information content (AvgIpc) is 3.06. The molecule has 1 aliphatic rings.